The van der Waals surface area contributed by atoms with E-state index in [1.165, 1.54) is 0 Å². The van der Waals surface area contributed by atoms with Gasteiger partial charge >= 0.3 is 24.1 Å². The average Bonchev–Trinajstić information content (AvgIpc) is 3.37. The van der Waals surface area contributed by atoms with Crippen molar-refractivity contribution in [3.63, 3.8) is 0 Å². The number of carbonyl (C=O) groups is 5. The van der Waals surface area contributed by atoms with Gasteiger partial charge in [-0.15, -0.1) is 0 Å². The number of carbonyl (C=O) groups excluding carboxylic acids is 5. The van der Waals surface area contributed by atoms with Gasteiger partial charge in [-0.05, 0) is 95.0 Å². The van der Waals surface area contributed by atoms with E-state index in [1.807, 2.05) is 60.0 Å². The van der Waals surface area contributed by atoms with Crippen LogP contribution < -0.4 is 5.32 Å². The van der Waals surface area contributed by atoms with E-state index in [0.717, 1.165) is 49.2 Å². The molecule has 0 bridgehead atoms. The number of piperazine rings is 1. The zero-order chi connectivity index (χ0) is 41.6. The Morgan fingerprint density at radius 3 is 2.12 bits per heavy atom. The van der Waals surface area contributed by atoms with Gasteiger partial charge in [-0.2, -0.15) is 0 Å². The van der Waals surface area contributed by atoms with Gasteiger partial charge in [0.1, 0.15) is 5.75 Å². The molecule has 6 rings (SSSR count). The SMILES string of the molecule is Cc1cc(C[C@@H](OC(=O)N2CCC(N3CCc4ccccc4NC3=O)CC2)C(=O)N2CCN(C3CCN(CC(=O)OCOC(=O)C(C)(C)C)CC3)CC2)cc(C)c1O. The van der Waals surface area contributed by atoms with Gasteiger partial charge in [-0.25, -0.2) is 9.59 Å². The minimum absolute atomic E-state index is 0.0183. The molecule has 4 amide bonds. The van der Waals surface area contributed by atoms with Crippen LogP contribution in [0.4, 0.5) is 15.3 Å². The number of piperidine rings is 2. The number of esters is 2. The van der Waals surface area contributed by atoms with Crippen molar-refractivity contribution >= 4 is 35.7 Å². The van der Waals surface area contributed by atoms with Crippen LogP contribution in [0.15, 0.2) is 36.4 Å². The van der Waals surface area contributed by atoms with Gasteiger partial charge in [0.2, 0.25) is 6.79 Å². The van der Waals surface area contributed by atoms with E-state index in [9.17, 15) is 29.1 Å². The maximum absolute atomic E-state index is 14.2. The molecular weight excluding hydrogens is 745 g/mol. The maximum atomic E-state index is 14.2. The monoisotopic (exact) mass is 804 g/mol. The lowest BCUT2D eigenvalue weighted by molar-refractivity contribution is -0.173. The van der Waals surface area contributed by atoms with E-state index in [1.54, 1.807) is 30.6 Å². The summed E-state index contributed by atoms with van der Waals surface area (Å²) >= 11 is 0. The molecule has 4 heterocycles. The molecule has 0 radical (unpaired) electrons. The number of benzene rings is 2. The van der Waals surface area contributed by atoms with Crippen LogP contribution in [0.3, 0.4) is 0 Å². The van der Waals surface area contributed by atoms with Gasteiger partial charge in [0.15, 0.2) is 6.10 Å². The van der Waals surface area contributed by atoms with Crippen molar-refractivity contribution in [1.82, 2.24) is 24.5 Å². The first kappa shape index (κ1) is 42.7. The van der Waals surface area contributed by atoms with Crippen LogP contribution in [0.2, 0.25) is 0 Å². The lowest BCUT2D eigenvalue weighted by Gasteiger charge is -2.43. The molecular formula is C43H60N6O9. The largest absolute Gasteiger partial charge is 0.507 e. The summed E-state index contributed by atoms with van der Waals surface area (Å²) in [4.78, 5) is 75.1. The summed E-state index contributed by atoms with van der Waals surface area (Å²) in [6, 6.07) is 11.7. The molecule has 15 heteroatoms. The summed E-state index contributed by atoms with van der Waals surface area (Å²) < 4.78 is 16.3. The van der Waals surface area contributed by atoms with Crippen LogP contribution in [0.1, 0.15) is 68.7 Å². The number of para-hydroxylation sites is 1. The number of ether oxygens (including phenoxy) is 3. The highest BCUT2D eigenvalue weighted by Gasteiger charge is 2.37. The number of hydrogen-bond donors (Lipinski definition) is 2. The second-order valence-electron chi connectivity index (χ2n) is 17.1. The lowest BCUT2D eigenvalue weighted by atomic mass is 9.98. The molecule has 4 aliphatic rings. The molecule has 3 fully saturated rings. The first-order chi connectivity index (χ1) is 27.7. The number of likely N-dealkylation sites (tertiary alicyclic amines) is 2. The predicted molar refractivity (Wildman–Crippen MR) is 216 cm³/mol. The maximum Gasteiger partial charge on any atom is 0.410 e. The van der Waals surface area contributed by atoms with Gasteiger partial charge in [-0.1, -0.05) is 30.3 Å². The van der Waals surface area contributed by atoms with Gasteiger partial charge < -0.3 is 39.3 Å². The van der Waals surface area contributed by atoms with Crippen molar-refractivity contribution in [1.29, 1.82) is 0 Å². The van der Waals surface area contributed by atoms with E-state index in [2.05, 4.69) is 10.2 Å². The number of anilines is 1. The molecule has 0 saturated carbocycles. The molecule has 2 N–H and O–H groups in total. The number of amides is 4. The Hall–Kier alpha value is -4.89. The number of nitrogens with zero attached hydrogens (tertiary/aromatic N) is 5. The minimum atomic E-state index is -1.05. The van der Waals surface area contributed by atoms with E-state index in [4.69, 9.17) is 14.2 Å². The summed E-state index contributed by atoms with van der Waals surface area (Å²) in [6.45, 7) is 13.8. The summed E-state index contributed by atoms with van der Waals surface area (Å²) in [5, 5.41) is 13.4. The molecule has 58 heavy (non-hydrogen) atoms. The van der Waals surface area contributed by atoms with E-state index >= 15 is 0 Å². The highest BCUT2D eigenvalue weighted by molar-refractivity contribution is 5.91. The fourth-order valence-electron chi connectivity index (χ4n) is 8.40. The summed E-state index contributed by atoms with van der Waals surface area (Å²) in [6.07, 6.45) is 2.29. The number of phenolic OH excluding ortho intramolecular Hbond substituents is 1. The van der Waals surface area contributed by atoms with Crippen LogP contribution in [0.25, 0.3) is 0 Å². The Labute approximate surface area is 341 Å². The van der Waals surface area contributed by atoms with Crippen LogP contribution in [-0.2, 0) is 41.4 Å². The third kappa shape index (κ3) is 10.8. The zero-order valence-electron chi connectivity index (χ0n) is 34.7. The topological polar surface area (TPSA) is 161 Å². The normalized spacial score (nSPS) is 19.5. The zero-order valence-corrected chi connectivity index (χ0v) is 34.7. The number of nitrogens with one attached hydrogen (secondary N) is 1. The van der Waals surface area contributed by atoms with E-state index in [0.29, 0.717) is 75.8 Å². The highest BCUT2D eigenvalue weighted by atomic mass is 16.7. The third-order valence-electron chi connectivity index (χ3n) is 11.9. The van der Waals surface area contributed by atoms with Gasteiger partial charge in [0.25, 0.3) is 5.91 Å². The van der Waals surface area contributed by atoms with Gasteiger partial charge in [-0.3, -0.25) is 24.2 Å². The Morgan fingerprint density at radius 1 is 0.828 bits per heavy atom. The molecule has 4 aliphatic heterocycles. The molecule has 15 nitrogen and oxygen atoms in total. The molecule has 3 saturated heterocycles. The smallest absolute Gasteiger partial charge is 0.410 e. The van der Waals surface area contributed by atoms with Crippen molar-refractivity contribution in [2.45, 2.75) is 91.3 Å². The molecule has 1 atom stereocenters. The standard InChI is InChI=1S/C43H60N6O9/c1-29-24-31(25-30(2)38(29)51)26-36(58-42(55)48-17-13-34(14-18-48)49-19-10-32-8-6-7-9-35(32)44-41(49)54)39(52)47-22-20-46(21-23-47)33-11-15-45(16-12-33)27-37(50)56-28-57-40(53)43(3,4)5/h6-9,24-25,33-34,36,51H,10-23,26-28H2,1-5H3,(H,44,54)/t36-/m1/s1. The molecule has 2 aromatic carbocycles. The average molecular weight is 805 g/mol. The van der Waals surface area contributed by atoms with Crippen molar-refractivity contribution in [3.8, 4) is 5.75 Å². The Morgan fingerprint density at radius 2 is 1.47 bits per heavy atom. The molecule has 0 aliphatic carbocycles. The fourth-order valence-corrected chi connectivity index (χ4v) is 8.40. The number of fused-ring (bicyclic) bond motifs is 1. The van der Waals surface area contributed by atoms with Crippen LogP contribution >= 0.6 is 0 Å². The van der Waals surface area contributed by atoms with E-state index in [-0.39, 0.29) is 36.7 Å². The van der Waals surface area contributed by atoms with Crippen LogP contribution in [-0.4, -0.2) is 150 Å². The summed E-state index contributed by atoms with van der Waals surface area (Å²) in [7, 11) is 0. The van der Waals surface area contributed by atoms with Crippen LogP contribution in [0, 0.1) is 19.3 Å². The van der Waals surface area contributed by atoms with Crippen molar-refractivity contribution in [3.05, 3.63) is 58.7 Å². The number of aryl methyl sites for hydroxylation is 2. The molecule has 316 valence electrons. The van der Waals surface area contributed by atoms with E-state index < -0.39 is 36.3 Å². The lowest BCUT2D eigenvalue weighted by Crippen LogP contribution is -2.57. The Kier molecular flexibility index (Phi) is 13.8. The second-order valence-corrected chi connectivity index (χ2v) is 17.1. The number of phenols is 1. The van der Waals surface area contributed by atoms with Crippen molar-refractivity contribution in [2.75, 3.05) is 77.6 Å². The first-order valence-corrected chi connectivity index (χ1v) is 20.6. The molecule has 2 aromatic rings. The first-order valence-electron chi connectivity index (χ1n) is 20.6. The summed E-state index contributed by atoms with van der Waals surface area (Å²) in [5.74, 6) is -0.900. The molecule has 0 spiro atoms. The Bertz CT molecular complexity index is 1780. The Balaban J connectivity index is 0.997. The number of aromatic hydroxyl groups is 1. The second kappa shape index (κ2) is 18.8. The van der Waals surface area contributed by atoms with Gasteiger partial charge in [0, 0.05) is 83.1 Å². The van der Waals surface area contributed by atoms with Crippen LogP contribution in [0.5, 0.6) is 5.75 Å². The summed E-state index contributed by atoms with van der Waals surface area (Å²) in [5.41, 5.74) is 3.45. The number of urea groups is 1. The fraction of sp³-hybridized carbons (Fsp3) is 0.605. The van der Waals surface area contributed by atoms with Crippen molar-refractivity contribution in [2.24, 2.45) is 5.41 Å². The number of hydrogen-bond acceptors (Lipinski definition) is 11. The minimum Gasteiger partial charge on any atom is -0.507 e. The number of rotatable bonds is 10. The predicted octanol–water partition coefficient (Wildman–Crippen LogP) is 4.31. The van der Waals surface area contributed by atoms with Gasteiger partial charge in [0.05, 0.1) is 12.0 Å². The van der Waals surface area contributed by atoms with Crippen molar-refractivity contribution < 1.29 is 43.3 Å². The molecule has 0 unspecified atom stereocenters. The quantitative estimate of drug-likeness (QED) is 0.260. The third-order valence-corrected chi connectivity index (χ3v) is 11.9. The molecule has 0 aromatic heterocycles. The highest BCUT2D eigenvalue weighted by Crippen LogP contribution is 2.27.